The lowest BCUT2D eigenvalue weighted by Gasteiger charge is -2.23. The molecule has 0 atom stereocenters. The van der Waals surface area contributed by atoms with Gasteiger partial charge in [-0.05, 0) is 12.1 Å². The molecule has 3 nitrogen and oxygen atoms in total. The third-order valence-corrected chi connectivity index (χ3v) is 2.62. The summed E-state index contributed by atoms with van der Waals surface area (Å²) < 4.78 is 42.6. The highest BCUT2D eigenvalue weighted by atomic mass is 79.9. The van der Waals surface area contributed by atoms with E-state index in [1.54, 1.807) is 18.1 Å². The molecule has 1 aromatic rings. The average Bonchev–Trinajstić information content (AvgIpc) is 2.33. The molecule has 0 saturated heterocycles. The molecule has 7 heteroatoms. The van der Waals surface area contributed by atoms with E-state index in [0.29, 0.717) is 30.8 Å². The summed E-state index contributed by atoms with van der Waals surface area (Å²) in [5.41, 5.74) is -0.878. The molecule has 0 saturated carbocycles. The van der Waals surface area contributed by atoms with Crippen molar-refractivity contribution in [1.29, 1.82) is 0 Å². The predicted molar refractivity (Wildman–Crippen MR) is 67.1 cm³/mol. The van der Waals surface area contributed by atoms with E-state index in [1.807, 2.05) is 0 Å². The Labute approximate surface area is 112 Å². The van der Waals surface area contributed by atoms with Crippen LogP contribution in [0.5, 0.6) is 0 Å². The van der Waals surface area contributed by atoms with E-state index in [9.17, 15) is 13.2 Å². The molecule has 102 valence electrons. The van der Waals surface area contributed by atoms with Crippen LogP contribution in [-0.2, 0) is 10.9 Å². The molecule has 0 spiro atoms. The summed E-state index contributed by atoms with van der Waals surface area (Å²) in [5.74, 6) is 0.307. The van der Waals surface area contributed by atoms with E-state index in [4.69, 9.17) is 4.74 Å². The quantitative estimate of drug-likeness (QED) is 0.751. The number of alkyl halides is 4. The number of halogens is 4. The van der Waals surface area contributed by atoms with Crippen molar-refractivity contribution in [2.45, 2.75) is 6.18 Å². The van der Waals surface area contributed by atoms with Crippen molar-refractivity contribution in [2.24, 2.45) is 0 Å². The van der Waals surface area contributed by atoms with Crippen molar-refractivity contribution in [3.8, 4) is 0 Å². The third kappa shape index (κ3) is 4.45. The SMILES string of the molecule is COCCN(CCBr)c1cccc(C(F)(F)F)n1. The highest BCUT2D eigenvalue weighted by Crippen LogP contribution is 2.28. The van der Waals surface area contributed by atoms with E-state index in [1.165, 1.54) is 6.07 Å². The van der Waals surface area contributed by atoms with E-state index in [-0.39, 0.29) is 0 Å². The second-order valence-corrected chi connectivity index (χ2v) is 4.34. The summed E-state index contributed by atoms with van der Waals surface area (Å²) in [6.07, 6.45) is -4.42. The molecule has 0 aliphatic rings. The lowest BCUT2D eigenvalue weighted by atomic mass is 10.3. The van der Waals surface area contributed by atoms with Crippen molar-refractivity contribution in [3.63, 3.8) is 0 Å². The van der Waals surface area contributed by atoms with Gasteiger partial charge in [0.1, 0.15) is 11.5 Å². The van der Waals surface area contributed by atoms with Gasteiger partial charge in [0.05, 0.1) is 6.61 Å². The molecule has 0 radical (unpaired) electrons. The maximum atomic E-state index is 12.6. The number of ether oxygens (including phenoxy) is 1. The zero-order valence-corrected chi connectivity index (χ0v) is 11.5. The Balaban J connectivity index is 2.90. The van der Waals surface area contributed by atoms with Crippen LogP contribution in [0.3, 0.4) is 0 Å². The van der Waals surface area contributed by atoms with Gasteiger partial charge in [0.2, 0.25) is 0 Å². The summed E-state index contributed by atoms with van der Waals surface area (Å²) in [7, 11) is 1.55. The first-order valence-electron chi connectivity index (χ1n) is 5.33. The first-order valence-corrected chi connectivity index (χ1v) is 6.45. The number of methoxy groups -OCH3 is 1. The van der Waals surface area contributed by atoms with E-state index in [2.05, 4.69) is 20.9 Å². The highest BCUT2D eigenvalue weighted by molar-refractivity contribution is 9.09. The van der Waals surface area contributed by atoms with Gasteiger partial charge in [0.25, 0.3) is 0 Å². The number of anilines is 1. The van der Waals surface area contributed by atoms with Gasteiger partial charge in [-0.3, -0.25) is 0 Å². The van der Waals surface area contributed by atoms with Crippen LogP contribution in [0.1, 0.15) is 5.69 Å². The van der Waals surface area contributed by atoms with E-state index in [0.717, 1.165) is 6.07 Å². The average molecular weight is 327 g/mol. The standard InChI is InChI=1S/C11H14BrF3N2O/c1-18-8-7-17(6-5-12)10-4-2-3-9(16-10)11(13,14)15/h2-4H,5-8H2,1H3. The smallest absolute Gasteiger partial charge is 0.383 e. The molecular formula is C11H14BrF3N2O. The number of pyridine rings is 1. The molecule has 0 amide bonds. The first kappa shape index (κ1) is 15.2. The predicted octanol–water partition coefficient (Wildman–Crippen LogP) is 2.95. The lowest BCUT2D eigenvalue weighted by molar-refractivity contribution is -0.141. The van der Waals surface area contributed by atoms with Crippen LogP contribution in [0.25, 0.3) is 0 Å². The Morgan fingerprint density at radius 2 is 2.06 bits per heavy atom. The molecule has 0 N–H and O–H groups in total. The minimum Gasteiger partial charge on any atom is -0.383 e. The Morgan fingerprint density at radius 3 is 2.61 bits per heavy atom. The minimum atomic E-state index is -4.42. The van der Waals surface area contributed by atoms with Gasteiger partial charge in [-0.25, -0.2) is 4.98 Å². The number of aromatic nitrogens is 1. The molecule has 0 fully saturated rings. The molecule has 1 aromatic heterocycles. The highest BCUT2D eigenvalue weighted by Gasteiger charge is 2.32. The number of hydrogen-bond acceptors (Lipinski definition) is 3. The summed E-state index contributed by atoms with van der Waals surface area (Å²) in [4.78, 5) is 5.38. The fourth-order valence-electron chi connectivity index (χ4n) is 1.40. The molecule has 0 unspecified atom stereocenters. The van der Waals surface area contributed by atoms with Gasteiger partial charge in [-0.15, -0.1) is 0 Å². The van der Waals surface area contributed by atoms with Gasteiger partial charge >= 0.3 is 6.18 Å². The molecule has 0 aliphatic carbocycles. The maximum Gasteiger partial charge on any atom is 0.433 e. The number of hydrogen-bond donors (Lipinski definition) is 0. The Hall–Kier alpha value is -0.820. The molecule has 1 heterocycles. The van der Waals surface area contributed by atoms with Crippen LogP contribution < -0.4 is 4.90 Å². The Kier molecular flexibility index (Phi) is 5.87. The normalized spacial score (nSPS) is 11.6. The van der Waals surface area contributed by atoms with E-state index >= 15 is 0 Å². The fourth-order valence-corrected chi connectivity index (χ4v) is 1.83. The molecule has 0 aliphatic heterocycles. The topological polar surface area (TPSA) is 25.4 Å². The molecule has 1 rings (SSSR count). The Morgan fingerprint density at radius 1 is 1.33 bits per heavy atom. The van der Waals surface area contributed by atoms with Crippen molar-refractivity contribution in [2.75, 3.05) is 37.0 Å². The van der Waals surface area contributed by atoms with Crippen LogP contribution in [0, 0.1) is 0 Å². The van der Waals surface area contributed by atoms with Crippen molar-refractivity contribution in [3.05, 3.63) is 23.9 Å². The number of nitrogens with zero attached hydrogens (tertiary/aromatic N) is 2. The Bertz CT molecular complexity index is 374. The summed E-state index contributed by atoms with van der Waals surface area (Å²) in [5, 5.41) is 0.647. The zero-order valence-electron chi connectivity index (χ0n) is 9.88. The largest absolute Gasteiger partial charge is 0.433 e. The van der Waals surface area contributed by atoms with Crippen LogP contribution >= 0.6 is 15.9 Å². The van der Waals surface area contributed by atoms with Crippen molar-refractivity contribution in [1.82, 2.24) is 4.98 Å². The molecule has 0 bridgehead atoms. The monoisotopic (exact) mass is 326 g/mol. The molecular weight excluding hydrogens is 313 g/mol. The van der Waals surface area contributed by atoms with Gasteiger partial charge in [-0.1, -0.05) is 22.0 Å². The van der Waals surface area contributed by atoms with E-state index < -0.39 is 11.9 Å². The van der Waals surface area contributed by atoms with Gasteiger partial charge < -0.3 is 9.64 Å². The third-order valence-electron chi connectivity index (χ3n) is 2.27. The van der Waals surface area contributed by atoms with Crippen LogP contribution in [0.4, 0.5) is 19.0 Å². The number of rotatable bonds is 6. The van der Waals surface area contributed by atoms with Gasteiger partial charge in [0.15, 0.2) is 0 Å². The van der Waals surface area contributed by atoms with Crippen molar-refractivity contribution >= 4 is 21.7 Å². The molecule has 18 heavy (non-hydrogen) atoms. The van der Waals surface area contributed by atoms with Crippen LogP contribution in [0.2, 0.25) is 0 Å². The molecule has 0 aromatic carbocycles. The summed E-state index contributed by atoms with van der Waals surface area (Å²) >= 11 is 3.26. The van der Waals surface area contributed by atoms with Crippen LogP contribution in [-0.4, -0.2) is 37.1 Å². The van der Waals surface area contributed by atoms with Crippen LogP contribution in [0.15, 0.2) is 18.2 Å². The summed E-state index contributed by atoms with van der Waals surface area (Å²) in [6.45, 7) is 1.50. The minimum absolute atomic E-state index is 0.307. The zero-order chi connectivity index (χ0) is 13.6. The summed E-state index contributed by atoms with van der Waals surface area (Å²) in [6, 6.07) is 3.89. The van der Waals surface area contributed by atoms with Gasteiger partial charge in [0, 0.05) is 25.5 Å². The second-order valence-electron chi connectivity index (χ2n) is 3.55. The maximum absolute atomic E-state index is 12.6. The second kappa shape index (κ2) is 6.94. The first-order chi connectivity index (χ1) is 8.49. The lowest BCUT2D eigenvalue weighted by Crippen LogP contribution is -2.30. The van der Waals surface area contributed by atoms with Crippen molar-refractivity contribution < 1.29 is 17.9 Å². The van der Waals surface area contributed by atoms with Gasteiger partial charge in [-0.2, -0.15) is 13.2 Å². The fraction of sp³-hybridized carbons (Fsp3) is 0.545.